The van der Waals surface area contributed by atoms with E-state index in [9.17, 15) is 14.4 Å². The topological polar surface area (TPSA) is 78.9 Å². The fourth-order valence-electron chi connectivity index (χ4n) is 9.24. The van der Waals surface area contributed by atoms with Gasteiger partial charge in [-0.15, -0.1) is 0 Å². The summed E-state index contributed by atoms with van der Waals surface area (Å²) in [5.41, 5.74) is 0. The van der Waals surface area contributed by atoms with Crippen LogP contribution in [0.15, 0.2) is 146 Å². The molecule has 0 aromatic carbocycles. The molecule has 0 spiro atoms. The van der Waals surface area contributed by atoms with Crippen molar-refractivity contribution in [2.75, 3.05) is 13.2 Å². The molecule has 0 fully saturated rings. The van der Waals surface area contributed by atoms with Gasteiger partial charge in [-0.2, -0.15) is 0 Å². The summed E-state index contributed by atoms with van der Waals surface area (Å²) in [5.74, 6) is -0.957. The molecule has 1 atom stereocenters. The molecule has 1 unspecified atom stereocenters. The van der Waals surface area contributed by atoms with Gasteiger partial charge in [-0.05, 0) is 135 Å². The molecule has 0 bridgehead atoms. The average molecular weight is 1150 g/mol. The van der Waals surface area contributed by atoms with E-state index < -0.39 is 6.10 Å². The number of allylic oxidation sites excluding steroid dienone is 24. The molecule has 83 heavy (non-hydrogen) atoms. The molecule has 0 heterocycles. The minimum atomic E-state index is -0.813. The zero-order valence-corrected chi connectivity index (χ0v) is 53.9. The van der Waals surface area contributed by atoms with Gasteiger partial charge in [0.1, 0.15) is 13.2 Å². The molecule has 0 rings (SSSR count). The summed E-state index contributed by atoms with van der Waals surface area (Å²) in [4.78, 5) is 38.4. The summed E-state index contributed by atoms with van der Waals surface area (Å²) in [7, 11) is 0. The molecule has 0 N–H and O–H groups in total. The van der Waals surface area contributed by atoms with Crippen molar-refractivity contribution < 1.29 is 28.6 Å². The number of hydrogen-bond acceptors (Lipinski definition) is 6. The first-order chi connectivity index (χ1) is 41.0. The molecule has 470 valence electrons. The van der Waals surface area contributed by atoms with Crippen molar-refractivity contribution in [1.29, 1.82) is 0 Å². The monoisotopic (exact) mass is 1150 g/mol. The summed E-state index contributed by atoms with van der Waals surface area (Å²) >= 11 is 0. The number of rotatable bonds is 61. The van der Waals surface area contributed by atoms with E-state index in [-0.39, 0.29) is 37.5 Å². The van der Waals surface area contributed by atoms with E-state index in [2.05, 4.69) is 167 Å². The molecule has 0 radical (unpaired) electrons. The molecular formula is C77H126O6. The molecule has 6 nitrogen and oxygen atoms in total. The normalized spacial score (nSPS) is 13.0. The van der Waals surface area contributed by atoms with Crippen molar-refractivity contribution >= 4 is 17.9 Å². The molecule has 0 aliphatic carbocycles. The second-order valence-electron chi connectivity index (χ2n) is 22.3. The Labute approximate surface area is 512 Å². The Balaban J connectivity index is 4.30. The van der Waals surface area contributed by atoms with Crippen molar-refractivity contribution in [2.45, 2.75) is 309 Å². The summed E-state index contributed by atoms with van der Waals surface area (Å²) in [6.07, 6.45) is 100. The third-order valence-corrected chi connectivity index (χ3v) is 14.3. The average Bonchev–Trinajstić information content (AvgIpc) is 3.49. The third kappa shape index (κ3) is 68.0. The van der Waals surface area contributed by atoms with Crippen LogP contribution in [-0.4, -0.2) is 37.2 Å². The van der Waals surface area contributed by atoms with Crippen molar-refractivity contribution in [3.8, 4) is 0 Å². The maximum Gasteiger partial charge on any atom is 0.306 e. The van der Waals surface area contributed by atoms with E-state index in [0.717, 1.165) is 148 Å². The SMILES string of the molecule is CC/C=C\C/C=C\C/C=C\C/C=C\C/C=C\C/C=C\CCCCC(=O)OC(COC(=O)CCCCCCC/C=C\C/C=C\CCC)COC(=O)CCCCCCCCCCCCCCCCCCCC/C=C\C/C=C\C/C=C\C/C=C\CC. The van der Waals surface area contributed by atoms with Gasteiger partial charge >= 0.3 is 17.9 Å². The predicted molar refractivity (Wildman–Crippen MR) is 362 cm³/mol. The molecule has 0 aliphatic rings. The highest BCUT2D eigenvalue weighted by molar-refractivity contribution is 5.71. The minimum Gasteiger partial charge on any atom is -0.462 e. The van der Waals surface area contributed by atoms with Crippen LogP contribution in [0.3, 0.4) is 0 Å². The Kier molecular flexibility index (Phi) is 65.8. The molecule has 6 heteroatoms. The van der Waals surface area contributed by atoms with Crippen molar-refractivity contribution in [3.05, 3.63) is 146 Å². The van der Waals surface area contributed by atoms with Gasteiger partial charge in [0.05, 0.1) is 0 Å². The number of esters is 3. The van der Waals surface area contributed by atoms with Crippen LogP contribution in [0, 0.1) is 0 Å². The van der Waals surface area contributed by atoms with Crippen LogP contribution in [-0.2, 0) is 28.6 Å². The first kappa shape index (κ1) is 78.3. The van der Waals surface area contributed by atoms with Gasteiger partial charge in [0.25, 0.3) is 0 Å². The highest BCUT2D eigenvalue weighted by Gasteiger charge is 2.19. The quantitative estimate of drug-likeness (QED) is 0.0261. The molecule has 0 saturated carbocycles. The molecular weight excluding hydrogens is 1020 g/mol. The predicted octanol–water partition coefficient (Wildman–Crippen LogP) is 23.9. The van der Waals surface area contributed by atoms with E-state index in [4.69, 9.17) is 14.2 Å². The van der Waals surface area contributed by atoms with E-state index in [1.54, 1.807) is 0 Å². The van der Waals surface area contributed by atoms with E-state index >= 15 is 0 Å². The van der Waals surface area contributed by atoms with Crippen molar-refractivity contribution in [3.63, 3.8) is 0 Å². The Morgan fingerprint density at radius 2 is 0.470 bits per heavy atom. The van der Waals surface area contributed by atoms with Gasteiger partial charge in [0.2, 0.25) is 0 Å². The minimum absolute atomic E-state index is 0.103. The standard InChI is InChI=1S/C77H126O6/c1-4-7-10-13-16-19-22-25-27-29-31-33-34-35-36-37-38-39-40-41-42-44-45-47-49-52-55-58-61-64-67-70-76(79)82-73-74(72-81-75(78)69-66-63-60-57-54-51-24-21-18-15-12-9-6-3)83-77(80)71-68-65-62-59-56-53-50-48-46-43-32-30-28-26-23-20-17-14-11-8-5-2/h7-8,10-12,15-17,19-21,24-28,31-33,43,48,50,56,59,74H,4-6,9,13-14,18,22-23,29-30,34-42,44-47,49,51-55,57-58,60-73H2,1-3H3/b10-7-,11-8-,15-12-,19-16-,20-17-,24-21-,27-25-,28-26-,33-31-,43-32-,50-48-,59-56-. The molecule has 0 amide bonds. The summed E-state index contributed by atoms with van der Waals surface area (Å²) in [6.45, 7) is 6.32. The highest BCUT2D eigenvalue weighted by Crippen LogP contribution is 2.16. The van der Waals surface area contributed by atoms with E-state index in [1.165, 1.54) is 109 Å². The lowest BCUT2D eigenvalue weighted by Gasteiger charge is -2.18. The van der Waals surface area contributed by atoms with Gasteiger partial charge in [-0.25, -0.2) is 0 Å². The Morgan fingerprint density at radius 3 is 0.759 bits per heavy atom. The number of carbonyl (C=O) groups is 3. The highest BCUT2D eigenvalue weighted by atomic mass is 16.6. The first-order valence-electron chi connectivity index (χ1n) is 34.3. The van der Waals surface area contributed by atoms with Crippen LogP contribution in [0.5, 0.6) is 0 Å². The van der Waals surface area contributed by atoms with Gasteiger partial charge in [-0.3, -0.25) is 14.4 Å². The zero-order chi connectivity index (χ0) is 59.9. The number of unbranched alkanes of at least 4 members (excludes halogenated alkanes) is 26. The van der Waals surface area contributed by atoms with Crippen molar-refractivity contribution in [2.24, 2.45) is 0 Å². The van der Waals surface area contributed by atoms with E-state index in [0.29, 0.717) is 19.3 Å². The van der Waals surface area contributed by atoms with Gasteiger partial charge in [0, 0.05) is 19.3 Å². The van der Waals surface area contributed by atoms with Gasteiger partial charge in [-0.1, -0.05) is 295 Å². The fraction of sp³-hybridized carbons (Fsp3) is 0.649. The zero-order valence-electron chi connectivity index (χ0n) is 53.9. The maximum atomic E-state index is 12.9. The van der Waals surface area contributed by atoms with Crippen LogP contribution in [0.4, 0.5) is 0 Å². The third-order valence-electron chi connectivity index (χ3n) is 14.3. The van der Waals surface area contributed by atoms with Crippen LogP contribution in [0.2, 0.25) is 0 Å². The summed E-state index contributed by atoms with van der Waals surface area (Å²) < 4.78 is 16.9. The lowest BCUT2D eigenvalue weighted by molar-refractivity contribution is -0.167. The van der Waals surface area contributed by atoms with Crippen LogP contribution in [0.25, 0.3) is 0 Å². The first-order valence-corrected chi connectivity index (χ1v) is 34.3. The summed E-state index contributed by atoms with van der Waals surface area (Å²) in [6, 6.07) is 0. The lowest BCUT2D eigenvalue weighted by atomic mass is 10.0. The van der Waals surface area contributed by atoms with Crippen LogP contribution < -0.4 is 0 Å². The molecule has 0 aliphatic heterocycles. The van der Waals surface area contributed by atoms with Crippen LogP contribution >= 0.6 is 0 Å². The van der Waals surface area contributed by atoms with Gasteiger partial charge < -0.3 is 14.2 Å². The second-order valence-corrected chi connectivity index (χ2v) is 22.3. The largest absolute Gasteiger partial charge is 0.462 e. The lowest BCUT2D eigenvalue weighted by Crippen LogP contribution is -2.30. The Hall–Kier alpha value is -4.71. The second kappa shape index (κ2) is 69.8. The molecule has 0 aromatic rings. The molecule has 0 saturated heterocycles. The van der Waals surface area contributed by atoms with Gasteiger partial charge in [0.15, 0.2) is 6.10 Å². The van der Waals surface area contributed by atoms with Crippen molar-refractivity contribution in [1.82, 2.24) is 0 Å². The van der Waals surface area contributed by atoms with E-state index in [1.807, 2.05) is 0 Å². The Bertz CT molecular complexity index is 1800. The summed E-state index contributed by atoms with van der Waals surface area (Å²) in [5, 5.41) is 0. The Morgan fingerprint density at radius 1 is 0.253 bits per heavy atom. The fourth-order valence-corrected chi connectivity index (χ4v) is 9.24. The smallest absolute Gasteiger partial charge is 0.306 e. The number of hydrogen-bond donors (Lipinski definition) is 0. The number of carbonyl (C=O) groups excluding carboxylic acids is 3. The maximum absolute atomic E-state index is 12.9. The van der Waals surface area contributed by atoms with Crippen LogP contribution in [0.1, 0.15) is 303 Å². The molecule has 0 aromatic heterocycles. The number of ether oxygens (including phenoxy) is 3.